The van der Waals surface area contributed by atoms with Crippen LogP contribution in [0.5, 0.6) is 0 Å². The van der Waals surface area contributed by atoms with E-state index in [9.17, 15) is 4.79 Å². The predicted molar refractivity (Wildman–Crippen MR) is 41.2 cm³/mol. The summed E-state index contributed by atoms with van der Waals surface area (Å²) in [6.45, 7) is 0.451. The van der Waals surface area contributed by atoms with Crippen molar-refractivity contribution in [2.45, 2.75) is 6.04 Å². The van der Waals surface area contributed by atoms with Gasteiger partial charge in [-0.3, -0.25) is 4.79 Å². The van der Waals surface area contributed by atoms with Crippen LogP contribution >= 0.6 is 12.4 Å². The Morgan fingerprint density at radius 3 is 2.60 bits per heavy atom. The third-order valence-corrected chi connectivity index (χ3v) is 0.928. The van der Waals surface area contributed by atoms with Crippen LogP contribution in [0.2, 0.25) is 0 Å². The average Bonchev–Trinajstić information content (AvgIpc) is 1.87. The molecule has 4 nitrogen and oxygen atoms in total. The topological polar surface area (TPSA) is 64.3 Å². The van der Waals surface area contributed by atoms with Crippen molar-refractivity contribution in [3.63, 3.8) is 0 Å². The quantitative estimate of drug-likeness (QED) is 0.538. The average molecular weight is 169 g/mol. The summed E-state index contributed by atoms with van der Waals surface area (Å²) in [5.41, 5.74) is 5.30. The Kier molecular flexibility index (Phi) is 8.40. The Hall–Kier alpha value is -0.320. The molecule has 0 aliphatic heterocycles. The van der Waals surface area contributed by atoms with E-state index in [1.807, 2.05) is 0 Å². The lowest BCUT2D eigenvalue weighted by Crippen LogP contribution is -2.39. The van der Waals surface area contributed by atoms with Crippen molar-refractivity contribution in [3.05, 3.63) is 0 Å². The zero-order chi connectivity index (χ0) is 7.28. The lowest BCUT2D eigenvalue weighted by Gasteiger charge is -2.06. The van der Waals surface area contributed by atoms with Crippen molar-refractivity contribution in [3.8, 4) is 0 Å². The van der Waals surface area contributed by atoms with Gasteiger partial charge in [0.15, 0.2) is 0 Å². The summed E-state index contributed by atoms with van der Waals surface area (Å²) < 4.78 is 4.36. The van der Waals surface area contributed by atoms with Gasteiger partial charge in [0.25, 0.3) is 0 Å². The van der Waals surface area contributed by atoms with Gasteiger partial charge in [-0.2, -0.15) is 0 Å². The van der Waals surface area contributed by atoms with Crippen LogP contribution in [-0.2, 0) is 9.53 Å². The first-order chi connectivity index (χ1) is 4.22. The van der Waals surface area contributed by atoms with Gasteiger partial charge < -0.3 is 15.8 Å². The maximum Gasteiger partial charge on any atom is 0.323 e. The van der Waals surface area contributed by atoms with Crippen molar-refractivity contribution >= 4 is 18.4 Å². The standard InChI is InChI=1S/C5H12N2O2.ClH/c1-7-3-4(6)5(8)9-2;/h4,7H,3,6H2,1-2H3;1H. The van der Waals surface area contributed by atoms with Crippen LogP contribution in [0.1, 0.15) is 0 Å². The number of hydrogen-bond acceptors (Lipinski definition) is 4. The van der Waals surface area contributed by atoms with Crippen molar-refractivity contribution in [1.82, 2.24) is 5.32 Å². The number of carbonyl (C=O) groups excluding carboxylic acids is 1. The molecule has 0 amide bonds. The number of ether oxygens (including phenoxy) is 1. The summed E-state index contributed by atoms with van der Waals surface area (Å²) in [7, 11) is 3.04. The van der Waals surface area contributed by atoms with Crippen LogP contribution in [0.25, 0.3) is 0 Å². The van der Waals surface area contributed by atoms with Gasteiger partial charge >= 0.3 is 5.97 Å². The molecule has 0 bridgehead atoms. The minimum absolute atomic E-state index is 0. The zero-order valence-corrected chi connectivity index (χ0v) is 6.90. The Balaban J connectivity index is 0. The fourth-order valence-corrected chi connectivity index (χ4v) is 0.455. The molecule has 0 heterocycles. The molecule has 0 fully saturated rings. The number of esters is 1. The van der Waals surface area contributed by atoms with Crippen molar-refractivity contribution in [2.24, 2.45) is 5.73 Å². The van der Waals surface area contributed by atoms with Crippen molar-refractivity contribution in [1.29, 1.82) is 0 Å². The summed E-state index contributed by atoms with van der Waals surface area (Å²) in [4.78, 5) is 10.5. The smallest absolute Gasteiger partial charge is 0.323 e. The molecule has 10 heavy (non-hydrogen) atoms. The van der Waals surface area contributed by atoms with Crippen molar-refractivity contribution < 1.29 is 9.53 Å². The number of hydrogen-bond donors (Lipinski definition) is 2. The normalized spacial score (nSPS) is 11.5. The number of carbonyl (C=O) groups is 1. The van der Waals surface area contributed by atoms with Crippen LogP contribution in [-0.4, -0.2) is 32.7 Å². The first kappa shape index (κ1) is 12.4. The largest absolute Gasteiger partial charge is 0.468 e. The molecule has 0 aromatic heterocycles. The summed E-state index contributed by atoms with van der Waals surface area (Å²) in [5, 5.41) is 2.76. The van der Waals surface area contributed by atoms with E-state index >= 15 is 0 Å². The monoisotopic (exact) mass is 168 g/mol. The van der Waals surface area contributed by atoms with E-state index in [0.717, 1.165) is 0 Å². The lowest BCUT2D eigenvalue weighted by atomic mass is 10.3. The molecule has 0 aliphatic rings. The van der Waals surface area contributed by atoms with Crippen LogP contribution in [0.15, 0.2) is 0 Å². The molecule has 0 aromatic carbocycles. The SMILES string of the molecule is CNCC(N)C(=O)OC.Cl. The molecule has 0 saturated carbocycles. The molecule has 0 aromatic rings. The summed E-state index contributed by atoms with van der Waals surface area (Å²) in [6, 6.07) is -0.542. The number of rotatable bonds is 3. The van der Waals surface area contributed by atoms with Gasteiger partial charge in [-0.05, 0) is 7.05 Å². The van der Waals surface area contributed by atoms with E-state index in [2.05, 4.69) is 10.1 Å². The van der Waals surface area contributed by atoms with Gasteiger partial charge in [-0.15, -0.1) is 12.4 Å². The Morgan fingerprint density at radius 1 is 1.80 bits per heavy atom. The minimum atomic E-state index is -0.542. The second kappa shape index (κ2) is 6.80. The molecule has 1 unspecified atom stereocenters. The second-order valence-electron chi connectivity index (χ2n) is 1.69. The number of nitrogens with one attached hydrogen (secondary N) is 1. The molecule has 62 valence electrons. The maximum absolute atomic E-state index is 10.5. The fraction of sp³-hybridized carbons (Fsp3) is 0.800. The number of methoxy groups -OCH3 is 1. The van der Waals surface area contributed by atoms with Gasteiger partial charge in [-0.25, -0.2) is 0 Å². The zero-order valence-electron chi connectivity index (χ0n) is 6.09. The molecule has 0 radical (unpaired) electrons. The minimum Gasteiger partial charge on any atom is -0.468 e. The highest BCUT2D eigenvalue weighted by atomic mass is 35.5. The molecule has 5 heteroatoms. The first-order valence-corrected chi connectivity index (χ1v) is 2.70. The van der Waals surface area contributed by atoms with E-state index in [4.69, 9.17) is 5.73 Å². The first-order valence-electron chi connectivity index (χ1n) is 2.70. The highest BCUT2D eigenvalue weighted by Gasteiger charge is 2.10. The Bertz CT molecular complexity index is 99.6. The third kappa shape index (κ3) is 4.55. The lowest BCUT2D eigenvalue weighted by molar-refractivity contribution is -0.142. The molecule has 0 rings (SSSR count). The summed E-state index contributed by atoms with van der Waals surface area (Å²) in [6.07, 6.45) is 0. The molecular formula is C5H13ClN2O2. The van der Waals surface area contributed by atoms with E-state index in [-0.39, 0.29) is 18.4 Å². The number of halogens is 1. The molecule has 1 atom stereocenters. The highest BCUT2D eigenvalue weighted by Crippen LogP contribution is 1.78. The molecular weight excluding hydrogens is 156 g/mol. The van der Waals surface area contributed by atoms with E-state index in [0.29, 0.717) is 6.54 Å². The molecule has 0 aliphatic carbocycles. The van der Waals surface area contributed by atoms with Crippen molar-refractivity contribution in [2.75, 3.05) is 20.7 Å². The molecule has 0 spiro atoms. The second-order valence-corrected chi connectivity index (χ2v) is 1.69. The number of nitrogens with two attached hydrogens (primary N) is 1. The molecule has 3 N–H and O–H groups in total. The van der Waals surface area contributed by atoms with Gasteiger partial charge in [0.2, 0.25) is 0 Å². The van der Waals surface area contributed by atoms with Crippen LogP contribution in [0.4, 0.5) is 0 Å². The van der Waals surface area contributed by atoms with E-state index in [1.165, 1.54) is 7.11 Å². The highest BCUT2D eigenvalue weighted by molar-refractivity contribution is 5.85. The summed E-state index contributed by atoms with van der Waals surface area (Å²) >= 11 is 0. The van der Waals surface area contributed by atoms with E-state index in [1.54, 1.807) is 7.05 Å². The van der Waals surface area contributed by atoms with Crippen LogP contribution < -0.4 is 11.1 Å². The molecule has 0 saturated heterocycles. The van der Waals surface area contributed by atoms with Gasteiger partial charge in [0.1, 0.15) is 6.04 Å². The Morgan fingerprint density at radius 2 is 2.30 bits per heavy atom. The predicted octanol–water partition coefficient (Wildman–Crippen LogP) is -0.872. The van der Waals surface area contributed by atoms with Gasteiger partial charge in [0.05, 0.1) is 7.11 Å². The van der Waals surface area contributed by atoms with Gasteiger partial charge in [0, 0.05) is 6.54 Å². The maximum atomic E-state index is 10.5. The Labute approximate surface area is 66.5 Å². The summed E-state index contributed by atoms with van der Waals surface area (Å²) in [5.74, 6) is -0.385. The fourth-order valence-electron chi connectivity index (χ4n) is 0.455. The number of likely N-dealkylation sites (N-methyl/N-ethyl adjacent to an activating group) is 1. The third-order valence-electron chi connectivity index (χ3n) is 0.928. The van der Waals surface area contributed by atoms with E-state index < -0.39 is 6.04 Å². The van der Waals surface area contributed by atoms with Crippen LogP contribution in [0, 0.1) is 0 Å². The van der Waals surface area contributed by atoms with Crippen LogP contribution in [0.3, 0.4) is 0 Å². The van der Waals surface area contributed by atoms with Gasteiger partial charge in [-0.1, -0.05) is 0 Å².